The fourth-order valence-electron chi connectivity index (χ4n) is 3.97. The van der Waals surface area contributed by atoms with E-state index in [4.69, 9.17) is 21.3 Å². The number of nitrogens with one attached hydrogen (secondary N) is 1. The van der Waals surface area contributed by atoms with Crippen LogP contribution in [0.4, 0.5) is 5.69 Å². The van der Waals surface area contributed by atoms with Gasteiger partial charge in [-0.1, -0.05) is 61.0 Å². The SMILES string of the molecule is CCC(C(=O)Nc1ccc(OC)cc1)N(Cc1nc(-c2ccc(Cl)cc2)cs1)C(=O)Cc1ccccc1. The largest absolute Gasteiger partial charge is 0.497 e. The van der Waals surface area contributed by atoms with E-state index in [1.165, 1.54) is 11.3 Å². The van der Waals surface area contributed by atoms with E-state index in [1.54, 1.807) is 36.3 Å². The van der Waals surface area contributed by atoms with Crippen LogP contribution in [0.5, 0.6) is 5.75 Å². The third-order valence-electron chi connectivity index (χ3n) is 5.94. The van der Waals surface area contributed by atoms with Crippen LogP contribution >= 0.6 is 22.9 Å². The van der Waals surface area contributed by atoms with Crippen molar-refractivity contribution in [1.82, 2.24) is 9.88 Å². The van der Waals surface area contributed by atoms with E-state index in [0.717, 1.165) is 21.8 Å². The molecule has 1 heterocycles. The Labute approximate surface area is 225 Å². The number of benzene rings is 3. The Morgan fingerprint density at radius 1 is 1.03 bits per heavy atom. The van der Waals surface area contributed by atoms with Crippen molar-refractivity contribution < 1.29 is 14.3 Å². The number of ether oxygens (including phenoxy) is 1. The van der Waals surface area contributed by atoms with Gasteiger partial charge in [-0.3, -0.25) is 9.59 Å². The molecular formula is C29H28ClN3O3S. The minimum Gasteiger partial charge on any atom is -0.497 e. The first kappa shape index (κ1) is 26.4. The molecule has 1 aromatic heterocycles. The number of anilines is 1. The highest BCUT2D eigenvalue weighted by molar-refractivity contribution is 7.09. The van der Waals surface area contributed by atoms with Crippen molar-refractivity contribution in [3.63, 3.8) is 0 Å². The fourth-order valence-corrected chi connectivity index (χ4v) is 4.90. The van der Waals surface area contributed by atoms with Gasteiger partial charge in [-0.15, -0.1) is 11.3 Å². The summed E-state index contributed by atoms with van der Waals surface area (Å²) < 4.78 is 5.20. The molecule has 0 fully saturated rings. The highest BCUT2D eigenvalue weighted by Gasteiger charge is 2.29. The van der Waals surface area contributed by atoms with E-state index in [-0.39, 0.29) is 24.8 Å². The van der Waals surface area contributed by atoms with Gasteiger partial charge in [0.25, 0.3) is 0 Å². The van der Waals surface area contributed by atoms with Crippen LogP contribution in [0.3, 0.4) is 0 Å². The Morgan fingerprint density at radius 2 is 1.73 bits per heavy atom. The lowest BCUT2D eigenvalue weighted by molar-refractivity contribution is -0.139. The van der Waals surface area contributed by atoms with Crippen molar-refractivity contribution in [2.75, 3.05) is 12.4 Å². The van der Waals surface area contributed by atoms with E-state index >= 15 is 0 Å². The molecule has 4 aromatic rings. The maximum atomic E-state index is 13.6. The molecule has 0 saturated carbocycles. The highest BCUT2D eigenvalue weighted by Crippen LogP contribution is 2.26. The number of aromatic nitrogens is 1. The van der Waals surface area contributed by atoms with Crippen molar-refractivity contribution >= 4 is 40.4 Å². The van der Waals surface area contributed by atoms with Crippen LogP contribution < -0.4 is 10.1 Å². The minimum atomic E-state index is -0.666. The van der Waals surface area contributed by atoms with Gasteiger partial charge < -0.3 is 15.0 Å². The molecule has 8 heteroatoms. The number of methoxy groups -OCH3 is 1. The average Bonchev–Trinajstić information content (AvgIpc) is 3.38. The van der Waals surface area contributed by atoms with E-state index in [0.29, 0.717) is 22.9 Å². The van der Waals surface area contributed by atoms with Crippen molar-refractivity contribution in [3.05, 3.63) is 99.8 Å². The number of hydrogen-bond donors (Lipinski definition) is 1. The molecular weight excluding hydrogens is 506 g/mol. The van der Waals surface area contributed by atoms with Gasteiger partial charge in [0.15, 0.2) is 0 Å². The van der Waals surface area contributed by atoms with E-state index in [1.807, 2.05) is 66.9 Å². The number of hydrogen-bond acceptors (Lipinski definition) is 5. The Balaban J connectivity index is 1.57. The van der Waals surface area contributed by atoms with Gasteiger partial charge in [-0.2, -0.15) is 0 Å². The lowest BCUT2D eigenvalue weighted by Crippen LogP contribution is -2.47. The number of nitrogens with zero attached hydrogens (tertiary/aromatic N) is 2. The van der Waals surface area contributed by atoms with Gasteiger partial charge >= 0.3 is 0 Å². The topological polar surface area (TPSA) is 71.5 Å². The quantitative estimate of drug-likeness (QED) is 0.254. The molecule has 0 aliphatic carbocycles. The second-order valence-corrected chi connectivity index (χ2v) is 9.84. The first-order valence-electron chi connectivity index (χ1n) is 12.0. The average molecular weight is 534 g/mol. The molecule has 1 atom stereocenters. The Kier molecular flexibility index (Phi) is 8.93. The number of carbonyl (C=O) groups is 2. The van der Waals surface area contributed by atoms with Gasteiger partial charge in [-0.25, -0.2) is 4.98 Å². The third-order valence-corrected chi connectivity index (χ3v) is 7.02. The second-order valence-electron chi connectivity index (χ2n) is 8.46. The summed E-state index contributed by atoms with van der Waals surface area (Å²) in [6, 6.07) is 23.5. The van der Waals surface area contributed by atoms with E-state index < -0.39 is 6.04 Å². The Hall–Kier alpha value is -3.68. The monoisotopic (exact) mass is 533 g/mol. The summed E-state index contributed by atoms with van der Waals surface area (Å²) in [7, 11) is 1.59. The molecule has 0 spiro atoms. The molecule has 1 unspecified atom stereocenters. The van der Waals surface area contributed by atoms with Crippen LogP contribution in [0, 0.1) is 0 Å². The number of thiazole rings is 1. The normalized spacial score (nSPS) is 11.5. The van der Waals surface area contributed by atoms with Crippen molar-refractivity contribution in [2.45, 2.75) is 32.4 Å². The number of halogens is 1. The van der Waals surface area contributed by atoms with E-state index in [9.17, 15) is 9.59 Å². The van der Waals surface area contributed by atoms with Crippen LogP contribution in [-0.4, -0.2) is 34.8 Å². The fraction of sp³-hybridized carbons (Fsp3) is 0.207. The second kappa shape index (κ2) is 12.5. The summed E-state index contributed by atoms with van der Waals surface area (Å²) in [4.78, 5) is 33.3. The van der Waals surface area contributed by atoms with Crippen LogP contribution in [0.15, 0.2) is 84.2 Å². The molecule has 1 N–H and O–H groups in total. The summed E-state index contributed by atoms with van der Waals surface area (Å²) in [5.74, 6) is 0.319. The van der Waals surface area contributed by atoms with Gasteiger partial charge in [0.05, 0.1) is 25.8 Å². The van der Waals surface area contributed by atoms with Crippen molar-refractivity contribution in [2.24, 2.45) is 0 Å². The smallest absolute Gasteiger partial charge is 0.247 e. The lowest BCUT2D eigenvalue weighted by Gasteiger charge is -2.30. The number of amides is 2. The summed E-state index contributed by atoms with van der Waals surface area (Å²) >= 11 is 7.49. The number of rotatable bonds is 10. The van der Waals surface area contributed by atoms with Crippen LogP contribution in [0.1, 0.15) is 23.9 Å². The zero-order valence-corrected chi connectivity index (χ0v) is 22.3. The summed E-state index contributed by atoms with van der Waals surface area (Å²) in [6.07, 6.45) is 0.653. The van der Waals surface area contributed by atoms with Crippen LogP contribution in [0.25, 0.3) is 11.3 Å². The first-order chi connectivity index (χ1) is 18.0. The lowest BCUT2D eigenvalue weighted by atomic mass is 10.1. The Bertz CT molecular complexity index is 1320. The molecule has 0 radical (unpaired) electrons. The molecule has 0 aliphatic rings. The zero-order chi connectivity index (χ0) is 26.2. The Morgan fingerprint density at radius 3 is 2.38 bits per heavy atom. The van der Waals surface area contributed by atoms with Gasteiger partial charge in [0, 0.05) is 21.7 Å². The predicted molar refractivity (Wildman–Crippen MR) is 149 cm³/mol. The van der Waals surface area contributed by atoms with Gasteiger partial charge in [0.1, 0.15) is 16.8 Å². The molecule has 6 nitrogen and oxygen atoms in total. The molecule has 3 aromatic carbocycles. The van der Waals surface area contributed by atoms with Gasteiger partial charge in [0.2, 0.25) is 11.8 Å². The molecule has 2 amide bonds. The maximum Gasteiger partial charge on any atom is 0.247 e. The van der Waals surface area contributed by atoms with Gasteiger partial charge in [-0.05, 0) is 48.4 Å². The third kappa shape index (κ3) is 6.96. The predicted octanol–water partition coefficient (Wildman–Crippen LogP) is 6.46. The van der Waals surface area contributed by atoms with Crippen molar-refractivity contribution in [1.29, 1.82) is 0 Å². The summed E-state index contributed by atoms with van der Waals surface area (Å²) in [5, 5.41) is 6.31. The molecule has 0 bridgehead atoms. The standard InChI is InChI=1S/C29H28ClN3O3S/c1-3-26(29(35)31-23-13-15-24(36-2)16-14-23)33(28(34)17-20-7-5-4-6-8-20)18-27-32-25(19-37-27)21-9-11-22(30)12-10-21/h4-16,19,26H,3,17-18H2,1-2H3,(H,31,35). The first-order valence-corrected chi connectivity index (χ1v) is 13.2. The summed E-state index contributed by atoms with van der Waals surface area (Å²) in [5.41, 5.74) is 3.28. The summed E-state index contributed by atoms with van der Waals surface area (Å²) in [6.45, 7) is 2.14. The van der Waals surface area contributed by atoms with E-state index in [2.05, 4.69) is 5.32 Å². The molecule has 37 heavy (non-hydrogen) atoms. The molecule has 0 saturated heterocycles. The molecule has 4 rings (SSSR count). The minimum absolute atomic E-state index is 0.133. The molecule has 0 aliphatic heterocycles. The van der Waals surface area contributed by atoms with Crippen molar-refractivity contribution in [3.8, 4) is 17.0 Å². The maximum absolute atomic E-state index is 13.6. The van der Waals surface area contributed by atoms with Crippen LogP contribution in [0.2, 0.25) is 5.02 Å². The number of carbonyl (C=O) groups excluding carboxylic acids is 2. The zero-order valence-electron chi connectivity index (χ0n) is 20.7. The molecule has 190 valence electrons. The highest BCUT2D eigenvalue weighted by atomic mass is 35.5. The van der Waals surface area contributed by atoms with Crippen LogP contribution in [-0.2, 0) is 22.6 Å².